The fourth-order valence-electron chi connectivity index (χ4n) is 0.807. The second kappa shape index (κ2) is 7.59. The van der Waals surface area contributed by atoms with Crippen LogP contribution >= 0.6 is 0 Å². The summed E-state index contributed by atoms with van der Waals surface area (Å²) in [5, 5.41) is 8.97. The molecule has 0 fully saturated rings. The Labute approximate surface area is 86.0 Å². The summed E-state index contributed by atoms with van der Waals surface area (Å²) in [5.41, 5.74) is 0. The van der Waals surface area contributed by atoms with Crippen molar-refractivity contribution in [1.29, 1.82) is 0 Å². The predicted octanol–water partition coefficient (Wildman–Crippen LogP) is 1.88. The van der Waals surface area contributed by atoms with Gasteiger partial charge in [-0.05, 0) is 13.8 Å². The standard InChI is InChI=1S/C11H20O3/c1-5-6-10(3)14-8-11(4)13-7-9(2)12/h5,9,11-12H,1,3,6-8H2,2,4H3. The van der Waals surface area contributed by atoms with Crippen molar-refractivity contribution in [1.82, 2.24) is 0 Å². The van der Waals surface area contributed by atoms with Crippen LogP contribution in [-0.2, 0) is 9.47 Å². The number of rotatable bonds is 8. The number of allylic oxidation sites excluding steroid dienone is 1. The first-order valence-corrected chi connectivity index (χ1v) is 4.77. The molecule has 2 unspecified atom stereocenters. The molecule has 0 saturated heterocycles. The molecular weight excluding hydrogens is 180 g/mol. The third-order valence-electron chi connectivity index (χ3n) is 1.52. The molecule has 0 bridgehead atoms. The Morgan fingerprint density at radius 1 is 1.43 bits per heavy atom. The van der Waals surface area contributed by atoms with Gasteiger partial charge in [0.1, 0.15) is 6.61 Å². The average molecular weight is 200 g/mol. The molecule has 0 aromatic carbocycles. The summed E-state index contributed by atoms with van der Waals surface area (Å²) in [5.74, 6) is 0.687. The first-order valence-electron chi connectivity index (χ1n) is 4.77. The van der Waals surface area contributed by atoms with Crippen molar-refractivity contribution in [2.24, 2.45) is 0 Å². The van der Waals surface area contributed by atoms with Gasteiger partial charge in [-0.1, -0.05) is 12.7 Å². The summed E-state index contributed by atoms with van der Waals surface area (Å²) in [6, 6.07) is 0. The summed E-state index contributed by atoms with van der Waals surface area (Å²) in [7, 11) is 0. The van der Waals surface area contributed by atoms with Gasteiger partial charge in [0.2, 0.25) is 0 Å². The van der Waals surface area contributed by atoms with E-state index >= 15 is 0 Å². The van der Waals surface area contributed by atoms with Crippen LogP contribution in [0.1, 0.15) is 20.3 Å². The van der Waals surface area contributed by atoms with Gasteiger partial charge in [-0.2, -0.15) is 0 Å². The van der Waals surface area contributed by atoms with Crippen molar-refractivity contribution in [2.45, 2.75) is 32.5 Å². The zero-order valence-corrected chi connectivity index (χ0v) is 9.03. The Kier molecular flexibility index (Phi) is 7.16. The molecule has 0 radical (unpaired) electrons. The maximum atomic E-state index is 8.97. The van der Waals surface area contributed by atoms with Gasteiger partial charge in [-0.25, -0.2) is 0 Å². The lowest BCUT2D eigenvalue weighted by Crippen LogP contribution is -2.21. The monoisotopic (exact) mass is 200 g/mol. The largest absolute Gasteiger partial charge is 0.496 e. The van der Waals surface area contributed by atoms with E-state index in [2.05, 4.69) is 13.2 Å². The maximum absolute atomic E-state index is 8.97. The smallest absolute Gasteiger partial charge is 0.114 e. The first-order chi connectivity index (χ1) is 6.56. The SMILES string of the molecule is C=CCC(=C)OCC(C)OCC(C)O. The van der Waals surface area contributed by atoms with E-state index in [1.165, 1.54) is 0 Å². The lowest BCUT2D eigenvalue weighted by molar-refractivity contribution is -0.0246. The fraction of sp³-hybridized carbons (Fsp3) is 0.636. The quantitative estimate of drug-likeness (QED) is 0.480. The van der Waals surface area contributed by atoms with Crippen LogP contribution in [0.3, 0.4) is 0 Å². The third kappa shape index (κ3) is 7.83. The van der Waals surface area contributed by atoms with E-state index in [-0.39, 0.29) is 6.10 Å². The van der Waals surface area contributed by atoms with E-state index in [1.54, 1.807) is 13.0 Å². The van der Waals surface area contributed by atoms with Crippen molar-refractivity contribution in [2.75, 3.05) is 13.2 Å². The topological polar surface area (TPSA) is 38.7 Å². The van der Waals surface area contributed by atoms with Crippen molar-refractivity contribution >= 4 is 0 Å². The van der Waals surface area contributed by atoms with Crippen LogP contribution in [0, 0.1) is 0 Å². The lowest BCUT2D eigenvalue weighted by atomic mass is 10.3. The molecule has 3 heteroatoms. The highest BCUT2D eigenvalue weighted by molar-refractivity contribution is 4.90. The molecule has 0 aromatic heterocycles. The summed E-state index contributed by atoms with van der Waals surface area (Å²) in [6.07, 6.45) is 1.92. The highest BCUT2D eigenvalue weighted by Gasteiger charge is 2.05. The van der Waals surface area contributed by atoms with E-state index in [9.17, 15) is 0 Å². The lowest BCUT2D eigenvalue weighted by Gasteiger charge is -2.15. The van der Waals surface area contributed by atoms with E-state index in [0.29, 0.717) is 25.4 Å². The van der Waals surface area contributed by atoms with Crippen LogP contribution < -0.4 is 0 Å². The summed E-state index contributed by atoms with van der Waals surface area (Å²) < 4.78 is 10.6. The Hall–Kier alpha value is -0.800. The zero-order chi connectivity index (χ0) is 11.0. The molecule has 0 saturated carbocycles. The minimum Gasteiger partial charge on any atom is -0.496 e. The molecule has 0 heterocycles. The summed E-state index contributed by atoms with van der Waals surface area (Å²) >= 11 is 0. The van der Waals surface area contributed by atoms with Gasteiger partial charge in [-0.3, -0.25) is 0 Å². The predicted molar refractivity (Wildman–Crippen MR) is 57.0 cm³/mol. The molecule has 3 nitrogen and oxygen atoms in total. The van der Waals surface area contributed by atoms with E-state index in [0.717, 1.165) is 0 Å². The number of hydrogen-bond acceptors (Lipinski definition) is 3. The normalized spacial score (nSPS) is 14.5. The van der Waals surface area contributed by atoms with Crippen molar-refractivity contribution in [3.63, 3.8) is 0 Å². The van der Waals surface area contributed by atoms with Crippen molar-refractivity contribution < 1.29 is 14.6 Å². The third-order valence-corrected chi connectivity index (χ3v) is 1.52. The van der Waals surface area contributed by atoms with Crippen LogP contribution in [0.15, 0.2) is 25.0 Å². The molecule has 0 aliphatic heterocycles. The molecule has 2 atom stereocenters. The van der Waals surface area contributed by atoms with Crippen LogP contribution in [0.5, 0.6) is 0 Å². The Balaban J connectivity index is 3.47. The molecule has 82 valence electrons. The molecular formula is C11H20O3. The Morgan fingerprint density at radius 2 is 2.07 bits per heavy atom. The van der Waals surface area contributed by atoms with E-state index < -0.39 is 6.10 Å². The molecule has 0 amide bonds. The Bertz CT molecular complexity index is 175. The minimum absolute atomic E-state index is 0.0360. The highest BCUT2D eigenvalue weighted by atomic mass is 16.5. The van der Waals surface area contributed by atoms with Crippen LogP contribution in [-0.4, -0.2) is 30.5 Å². The molecule has 0 aromatic rings. The fourth-order valence-corrected chi connectivity index (χ4v) is 0.807. The minimum atomic E-state index is -0.436. The zero-order valence-electron chi connectivity index (χ0n) is 9.03. The summed E-state index contributed by atoms with van der Waals surface area (Å²) in [6.45, 7) is 11.7. The van der Waals surface area contributed by atoms with Gasteiger partial charge in [0, 0.05) is 6.42 Å². The van der Waals surface area contributed by atoms with Gasteiger partial charge in [0.05, 0.1) is 24.6 Å². The maximum Gasteiger partial charge on any atom is 0.114 e. The van der Waals surface area contributed by atoms with Gasteiger partial charge in [-0.15, -0.1) is 6.58 Å². The average Bonchev–Trinajstić information content (AvgIpc) is 2.12. The number of aliphatic hydroxyl groups excluding tert-OH is 1. The highest BCUT2D eigenvalue weighted by Crippen LogP contribution is 2.03. The van der Waals surface area contributed by atoms with Gasteiger partial charge in [0.25, 0.3) is 0 Å². The first kappa shape index (κ1) is 13.2. The van der Waals surface area contributed by atoms with Gasteiger partial charge >= 0.3 is 0 Å². The van der Waals surface area contributed by atoms with Crippen LogP contribution in [0.25, 0.3) is 0 Å². The summed E-state index contributed by atoms with van der Waals surface area (Å²) in [4.78, 5) is 0. The van der Waals surface area contributed by atoms with Crippen LogP contribution in [0.4, 0.5) is 0 Å². The van der Waals surface area contributed by atoms with E-state index in [4.69, 9.17) is 14.6 Å². The Morgan fingerprint density at radius 3 is 2.57 bits per heavy atom. The van der Waals surface area contributed by atoms with Gasteiger partial charge < -0.3 is 14.6 Å². The van der Waals surface area contributed by atoms with E-state index in [1.807, 2.05) is 6.92 Å². The molecule has 0 rings (SSSR count). The molecule has 0 aliphatic rings. The van der Waals surface area contributed by atoms with Crippen molar-refractivity contribution in [3.8, 4) is 0 Å². The van der Waals surface area contributed by atoms with Gasteiger partial charge in [0.15, 0.2) is 0 Å². The molecule has 0 spiro atoms. The molecule has 0 aliphatic carbocycles. The number of hydrogen-bond donors (Lipinski definition) is 1. The van der Waals surface area contributed by atoms with Crippen LogP contribution in [0.2, 0.25) is 0 Å². The molecule has 14 heavy (non-hydrogen) atoms. The number of ether oxygens (including phenoxy) is 2. The second-order valence-corrected chi connectivity index (χ2v) is 3.34. The van der Waals surface area contributed by atoms with Crippen molar-refractivity contribution in [3.05, 3.63) is 25.0 Å². The number of aliphatic hydroxyl groups is 1. The molecule has 1 N–H and O–H groups in total. The second-order valence-electron chi connectivity index (χ2n) is 3.34.